The fraction of sp³-hybridized carbons (Fsp3) is 0.353. The Morgan fingerprint density at radius 2 is 1.96 bits per heavy atom. The van der Waals surface area contributed by atoms with Gasteiger partial charge in [-0.2, -0.15) is 0 Å². The number of carbonyl (C=O) groups excluding carboxylic acids is 1. The minimum Gasteiger partial charge on any atom is -0.450 e. The Balaban J connectivity index is 1.72. The van der Waals surface area contributed by atoms with Gasteiger partial charge >= 0.3 is 6.09 Å². The van der Waals surface area contributed by atoms with Crippen molar-refractivity contribution in [3.63, 3.8) is 0 Å². The molecule has 1 aromatic heterocycles. The van der Waals surface area contributed by atoms with Crippen LogP contribution in [0.25, 0.3) is 0 Å². The number of benzene rings is 1. The van der Waals surface area contributed by atoms with Gasteiger partial charge in [0, 0.05) is 37.9 Å². The monoisotopic (exact) mass is 378 g/mol. The van der Waals surface area contributed by atoms with Gasteiger partial charge in [-0.15, -0.1) is 0 Å². The summed E-state index contributed by atoms with van der Waals surface area (Å²) in [6.45, 7) is 4.12. The minimum absolute atomic E-state index is 0.284. The second-order valence-corrected chi connectivity index (χ2v) is 5.89. The first-order valence-electron chi connectivity index (χ1n) is 8.48. The molecule has 0 spiro atoms. The number of amides is 1. The molecule has 0 atom stereocenters. The lowest BCUT2D eigenvalue weighted by Gasteiger charge is -2.35. The van der Waals surface area contributed by atoms with Crippen LogP contribution >= 0.6 is 0 Å². The van der Waals surface area contributed by atoms with Gasteiger partial charge in [0.2, 0.25) is 0 Å². The van der Waals surface area contributed by atoms with E-state index in [-0.39, 0.29) is 11.8 Å². The molecule has 2 heterocycles. The zero-order valence-electron chi connectivity index (χ0n) is 14.8. The summed E-state index contributed by atoms with van der Waals surface area (Å²) >= 11 is 0. The first kappa shape index (κ1) is 18.6. The van der Waals surface area contributed by atoms with E-state index in [1.807, 2.05) is 4.90 Å². The van der Waals surface area contributed by atoms with Gasteiger partial charge in [-0.05, 0) is 19.1 Å². The summed E-state index contributed by atoms with van der Waals surface area (Å²) in [4.78, 5) is 23.6. The van der Waals surface area contributed by atoms with Gasteiger partial charge in [0.1, 0.15) is 12.0 Å². The number of piperazine rings is 1. The Bertz CT molecular complexity index is 827. The molecule has 0 bridgehead atoms. The lowest BCUT2D eigenvalue weighted by Crippen LogP contribution is -2.49. The van der Waals surface area contributed by atoms with Crippen molar-refractivity contribution in [1.82, 2.24) is 14.9 Å². The van der Waals surface area contributed by atoms with Gasteiger partial charge in [-0.1, -0.05) is 0 Å². The summed E-state index contributed by atoms with van der Waals surface area (Å²) < 4.78 is 31.4. The van der Waals surface area contributed by atoms with E-state index in [1.54, 1.807) is 11.8 Å². The van der Waals surface area contributed by atoms with Crippen molar-refractivity contribution in [2.75, 3.05) is 48.7 Å². The number of nitrogens with one attached hydrogen (secondary N) is 1. The van der Waals surface area contributed by atoms with Crippen LogP contribution < -0.4 is 16.0 Å². The van der Waals surface area contributed by atoms with Gasteiger partial charge in [-0.3, -0.25) is 0 Å². The molecule has 1 aliphatic rings. The van der Waals surface area contributed by atoms with E-state index in [4.69, 9.17) is 10.5 Å². The summed E-state index contributed by atoms with van der Waals surface area (Å²) in [6, 6.07) is 3.43. The van der Waals surface area contributed by atoms with Crippen molar-refractivity contribution in [3.8, 4) is 0 Å². The van der Waals surface area contributed by atoms with Crippen molar-refractivity contribution in [1.29, 1.82) is 0 Å². The second-order valence-electron chi connectivity index (χ2n) is 5.89. The summed E-state index contributed by atoms with van der Waals surface area (Å²) in [7, 11) is 0. The Morgan fingerprint density at radius 3 is 2.63 bits per heavy atom. The van der Waals surface area contributed by atoms with E-state index in [0.717, 1.165) is 12.1 Å². The third kappa shape index (κ3) is 4.15. The van der Waals surface area contributed by atoms with Crippen molar-refractivity contribution in [2.45, 2.75) is 6.92 Å². The fourth-order valence-electron chi connectivity index (χ4n) is 2.76. The number of aromatic nitrogens is 2. The van der Waals surface area contributed by atoms with E-state index >= 15 is 0 Å². The van der Waals surface area contributed by atoms with Gasteiger partial charge in [0.15, 0.2) is 23.3 Å². The summed E-state index contributed by atoms with van der Waals surface area (Å²) in [6.07, 6.45) is 1.000. The van der Waals surface area contributed by atoms with E-state index in [0.29, 0.717) is 50.1 Å². The maximum absolute atomic E-state index is 13.4. The molecule has 144 valence electrons. The third-order valence-electron chi connectivity index (χ3n) is 4.15. The molecule has 2 aromatic rings. The van der Waals surface area contributed by atoms with Crippen molar-refractivity contribution < 1.29 is 18.3 Å². The van der Waals surface area contributed by atoms with Crippen LogP contribution in [0.2, 0.25) is 0 Å². The predicted octanol–water partition coefficient (Wildman–Crippen LogP) is 2.36. The fourth-order valence-corrected chi connectivity index (χ4v) is 2.76. The molecule has 1 aromatic carbocycles. The molecule has 3 rings (SSSR count). The molecule has 0 unspecified atom stereocenters. The lowest BCUT2D eigenvalue weighted by molar-refractivity contribution is 0.105. The first-order valence-corrected chi connectivity index (χ1v) is 8.48. The zero-order valence-corrected chi connectivity index (χ0v) is 14.8. The van der Waals surface area contributed by atoms with Crippen molar-refractivity contribution in [3.05, 3.63) is 36.2 Å². The normalized spacial score (nSPS) is 14.2. The first-order chi connectivity index (χ1) is 13.0. The maximum Gasteiger partial charge on any atom is 0.409 e. The summed E-state index contributed by atoms with van der Waals surface area (Å²) in [5.41, 5.74) is 6.77. The van der Waals surface area contributed by atoms with E-state index in [9.17, 15) is 13.6 Å². The van der Waals surface area contributed by atoms with Crippen LogP contribution in [0.1, 0.15) is 6.92 Å². The molecule has 10 heteroatoms. The maximum atomic E-state index is 13.4. The number of ether oxygens (including phenoxy) is 1. The quantitative estimate of drug-likeness (QED) is 0.843. The highest BCUT2D eigenvalue weighted by Crippen LogP contribution is 2.29. The predicted molar refractivity (Wildman–Crippen MR) is 96.9 cm³/mol. The van der Waals surface area contributed by atoms with E-state index in [2.05, 4.69) is 15.3 Å². The van der Waals surface area contributed by atoms with Crippen LogP contribution in [0, 0.1) is 11.6 Å². The number of nitrogens with zero attached hydrogens (tertiary/aromatic N) is 4. The number of hydrogen-bond donors (Lipinski definition) is 2. The summed E-state index contributed by atoms with van der Waals surface area (Å²) in [5.74, 6) is -1.10. The number of hydrogen-bond acceptors (Lipinski definition) is 7. The molecule has 1 saturated heterocycles. The molecule has 3 N–H and O–H groups in total. The number of nitrogens with two attached hydrogens (primary N) is 1. The Morgan fingerprint density at radius 1 is 1.22 bits per heavy atom. The van der Waals surface area contributed by atoms with E-state index < -0.39 is 11.6 Å². The summed E-state index contributed by atoms with van der Waals surface area (Å²) in [5, 5.41) is 2.87. The molecular formula is C17H20F2N6O2. The molecule has 0 radical (unpaired) electrons. The van der Waals surface area contributed by atoms with Crippen LogP contribution in [-0.2, 0) is 4.74 Å². The van der Waals surface area contributed by atoms with Crippen LogP contribution in [0.4, 0.5) is 36.6 Å². The highest BCUT2D eigenvalue weighted by Gasteiger charge is 2.24. The van der Waals surface area contributed by atoms with Gasteiger partial charge in [0.05, 0.1) is 6.61 Å². The SMILES string of the molecule is CCOC(=O)N1CCN(c2ncnc(Nc3ccc(F)c(F)c3)c2N)CC1. The average molecular weight is 378 g/mol. The van der Waals surface area contributed by atoms with Crippen LogP contribution in [0.5, 0.6) is 0 Å². The zero-order chi connectivity index (χ0) is 19.4. The Kier molecular flexibility index (Phi) is 5.53. The largest absolute Gasteiger partial charge is 0.450 e. The number of anilines is 4. The lowest BCUT2D eigenvalue weighted by atomic mass is 10.2. The van der Waals surface area contributed by atoms with Gasteiger partial charge in [-0.25, -0.2) is 23.5 Å². The molecular weight excluding hydrogens is 358 g/mol. The standard InChI is InChI=1S/C17H20F2N6O2/c1-2-27-17(26)25-7-5-24(6-8-25)16-14(20)15(21-10-22-16)23-11-3-4-12(18)13(19)9-11/h3-4,9-10H,2,5-8,20H2,1H3,(H,21,22,23). The minimum atomic E-state index is -0.970. The van der Waals surface area contributed by atoms with Crippen LogP contribution in [0.3, 0.4) is 0 Å². The van der Waals surface area contributed by atoms with Crippen LogP contribution in [-0.4, -0.2) is 53.7 Å². The number of nitrogen functional groups attached to an aromatic ring is 1. The Labute approximate surface area is 154 Å². The molecule has 1 aliphatic heterocycles. The van der Waals surface area contributed by atoms with Gasteiger partial charge in [0.25, 0.3) is 0 Å². The topological polar surface area (TPSA) is 96.6 Å². The van der Waals surface area contributed by atoms with Crippen molar-refractivity contribution in [2.24, 2.45) is 0 Å². The average Bonchev–Trinajstić information content (AvgIpc) is 2.67. The number of halogens is 2. The second kappa shape index (κ2) is 8.02. The third-order valence-corrected chi connectivity index (χ3v) is 4.15. The Hall–Kier alpha value is -3.17. The van der Waals surface area contributed by atoms with Crippen molar-refractivity contribution >= 4 is 29.1 Å². The van der Waals surface area contributed by atoms with E-state index in [1.165, 1.54) is 12.4 Å². The number of carbonyl (C=O) groups is 1. The highest BCUT2D eigenvalue weighted by molar-refractivity contribution is 5.78. The molecule has 0 saturated carbocycles. The molecule has 27 heavy (non-hydrogen) atoms. The molecule has 8 nitrogen and oxygen atoms in total. The smallest absolute Gasteiger partial charge is 0.409 e. The van der Waals surface area contributed by atoms with Gasteiger partial charge < -0.3 is 25.6 Å². The highest BCUT2D eigenvalue weighted by atomic mass is 19.2. The molecule has 1 fully saturated rings. The number of rotatable bonds is 4. The molecule has 1 amide bonds. The van der Waals surface area contributed by atoms with Crippen LogP contribution in [0.15, 0.2) is 24.5 Å². The molecule has 0 aliphatic carbocycles.